The summed E-state index contributed by atoms with van der Waals surface area (Å²) in [6.45, 7) is 9.47. The quantitative estimate of drug-likeness (QED) is 0.0538. The van der Waals surface area contributed by atoms with E-state index < -0.39 is 27.4 Å². The number of Topliss-reactive ketones (excluding diaryl/α,β-unsaturated/α-hetero) is 2. The number of carbonyl (C=O) groups is 3. The van der Waals surface area contributed by atoms with E-state index in [0.29, 0.717) is 31.5 Å². The first-order valence-electron chi connectivity index (χ1n) is 16.1. The average Bonchev–Trinajstić information content (AvgIpc) is 2.87. The third kappa shape index (κ3) is 32.5. The predicted molar refractivity (Wildman–Crippen MR) is 163 cm³/mol. The molecular weight excluding hydrogens is 551 g/mol. The molecular formula is C32H61NaO7S. The second-order valence-corrected chi connectivity index (χ2v) is 12.8. The summed E-state index contributed by atoms with van der Waals surface area (Å²) in [5.41, 5.74) is 0. The molecule has 0 radical (unpaired) electrons. The number of hydrogen-bond donors (Lipinski definition) is 0. The standard InChI is InChI=1S/C24H46O6S.C8H16O.Na/c1-4-6-7-8-9-13-16-20-24(26)30-22(17-5-2)23(31(27,28)29)19-15-12-10-11-14-18-21(3)25;1-3-4-5-6-7-8(2)9;/h22-23H,4-20H2,1-3H3,(H,27,28,29);3-7H2,1-2H3;/q;;+1/p-1. The maximum atomic E-state index is 12.3. The van der Waals surface area contributed by atoms with Gasteiger partial charge in [0, 0.05) is 19.3 Å². The molecule has 0 saturated heterocycles. The zero-order valence-electron chi connectivity index (χ0n) is 27.5. The second kappa shape index (κ2) is 31.2. The Labute approximate surface area is 275 Å². The van der Waals surface area contributed by atoms with Crippen LogP contribution in [0.3, 0.4) is 0 Å². The molecule has 41 heavy (non-hydrogen) atoms. The van der Waals surface area contributed by atoms with E-state index >= 15 is 0 Å². The minimum absolute atomic E-state index is 0. The monoisotopic (exact) mass is 612 g/mol. The van der Waals surface area contributed by atoms with Crippen molar-refractivity contribution in [3.05, 3.63) is 0 Å². The predicted octanol–water partition coefficient (Wildman–Crippen LogP) is 5.62. The normalized spacial score (nSPS) is 12.4. The fourth-order valence-electron chi connectivity index (χ4n) is 4.63. The van der Waals surface area contributed by atoms with Gasteiger partial charge in [-0.2, -0.15) is 0 Å². The molecule has 2 unspecified atom stereocenters. The molecule has 7 nitrogen and oxygen atoms in total. The van der Waals surface area contributed by atoms with Crippen LogP contribution in [0.15, 0.2) is 0 Å². The van der Waals surface area contributed by atoms with E-state index in [1.165, 1.54) is 44.9 Å². The van der Waals surface area contributed by atoms with Crippen LogP contribution in [-0.4, -0.2) is 41.9 Å². The van der Waals surface area contributed by atoms with Gasteiger partial charge in [0.1, 0.15) is 27.8 Å². The molecule has 9 heteroatoms. The fourth-order valence-corrected chi connectivity index (χ4v) is 5.64. The minimum Gasteiger partial charge on any atom is -0.748 e. The molecule has 0 aliphatic heterocycles. The van der Waals surface area contributed by atoms with Gasteiger partial charge in [0.2, 0.25) is 0 Å². The summed E-state index contributed by atoms with van der Waals surface area (Å²) in [5, 5.41) is -1.18. The maximum Gasteiger partial charge on any atom is 1.00 e. The molecule has 2 atom stereocenters. The van der Waals surface area contributed by atoms with Crippen molar-refractivity contribution in [3.8, 4) is 0 Å². The van der Waals surface area contributed by atoms with Crippen molar-refractivity contribution in [2.45, 2.75) is 187 Å². The van der Waals surface area contributed by atoms with Gasteiger partial charge in [-0.05, 0) is 46.0 Å². The molecule has 0 fully saturated rings. The Morgan fingerprint density at radius 1 is 0.585 bits per heavy atom. The van der Waals surface area contributed by atoms with E-state index in [9.17, 15) is 27.4 Å². The SMILES string of the molecule is CCCCCCC(C)=O.CCCCCCCCCC(=O)OC(CCC)C(CCCCCCCC(C)=O)S(=O)(=O)[O-].[Na+]. The van der Waals surface area contributed by atoms with Gasteiger partial charge in [-0.1, -0.05) is 111 Å². The van der Waals surface area contributed by atoms with Crippen LogP contribution in [0.1, 0.15) is 176 Å². The largest absolute Gasteiger partial charge is 1.00 e. The number of esters is 1. The number of ether oxygens (including phenoxy) is 1. The first-order chi connectivity index (χ1) is 19.0. The van der Waals surface area contributed by atoms with E-state index in [1.54, 1.807) is 13.8 Å². The van der Waals surface area contributed by atoms with Crippen molar-refractivity contribution in [3.63, 3.8) is 0 Å². The zero-order valence-corrected chi connectivity index (χ0v) is 30.3. The molecule has 0 aromatic carbocycles. The Hall–Kier alpha value is -0.280. The van der Waals surface area contributed by atoms with E-state index in [1.807, 2.05) is 6.92 Å². The van der Waals surface area contributed by atoms with Crippen LogP contribution in [0.5, 0.6) is 0 Å². The van der Waals surface area contributed by atoms with Gasteiger partial charge in [0.05, 0.1) is 5.25 Å². The van der Waals surface area contributed by atoms with Gasteiger partial charge < -0.3 is 18.9 Å². The van der Waals surface area contributed by atoms with Crippen molar-refractivity contribution in [2.75, 3.05) is 0 Å². The Balaban J connectivity index is -0.00000123. The molecule has 0 aromatic heterocycles. The summed E-state index contributed by atoms with van der Waals surface area (Å²) in [6.07, 6.45) is 18.5. The molecule has 0 saturated carbocycles. The molecule has 0 rings (SSSR count). The molecule has 0 bridgehead atoms. The van der Waals surface area contributed by atoms with Gasteiger partial charge in [-0.15, -0.1) is 0 Å². The van der Waals surface area contributed by atoms with E-state index in [2.05, 4.69) is 13.8 Å². The van der Waals surface area contributed by atoms with Crippen molar-refractivity contribution in [2.24, 2.45) is 0 Å². The molecule has 0 N–H and O–H groups in total. The Morgan fingerprint density at radius 3 is 1.39 bits per heavy atom. The summed E-state index contributed by atoms with van der Waals surface area (Å²) in [7, 11) is -4.55. The average molecular weight is 613 g/mol. The van der Waals surface area contributed by atoms with Crippen LogP contribution in [-0.2, 0) is 29.2 Å². The molecule has 0 aliphatic rings. The van der Waals surface area contributed by atoms with E-state index in [4.69, 9.17) is 4.74 Å². The third-order valence-corrected chi connectivity index (χ3v) is 8.31. The van der Waals surface area contributed by atoms with Gasteiger partial charge in [0.15, 0.2) is 0 Å². The van der Waals surface area contributed by atoms with Crippen LogP contribution in [0.2, 0.25) is 0 Å². The summed E-state index contributed by atoms with van der Waals surface area (Å²) < 4.78 is 41.1. The summed E-state index contributed by atoms with van der Waals surface area (Å²) in [6, 6.07) is 0. The number of hydrogen-bond acceptors (Lipinski definition) is 7. The molecule has 238 valence electrons. The summed E-state index contributed by atoms with van der Waals surface area (Å²) in [4.78, 5) is 33.6. The number of rotatable bonds is 26. The Morgan fingerprint density at radius 2 is 0.976 bits per heavy atom. The van der Waals surface area contributed by atoms with Gasteiger partial charge in [0.25, 0.3) is 0 Å². The summed E-state index contributed by atoms with van der Waals surface area (Å²) in [5.74, 6) is 0.106. The minimum atomic E-state index is -4.55. The first kappa shape index (κ1) is 45.2. The zero-order chi connectivity index (χ0) is 30.7. The number of carbonyl (C=O) groups excluding carboxylic acids is 3. The Bertz CT molecular complexity index is 740. The first-order valence-corrected chi connectivity index (χ1v) is 17.6. The van der Waals surface area contributed by atoms with Crippen molar-refractivity contribution < 1.29 is 61.6 Å². The molecule has 0 spiro atoms. The third-order valence-electron chi connectivity index (χ3n) is 7.03. The second-order valence-electron chi connectivity index (χ2n) is 11.2. The smallest absolute Gasteiger partial charge is 0.748 e. The van der Waals surface area contributed by atoms with Crippen molar-refractivity contribution in [1.82, 2.24) is 0 Å². The van der Waals surface area contributed by atoms with Crippen molar-refractivity contribution >= 4 is 27.7 Å². The topological polar surface area (TPSA) is 118 Å². The summed E-state index contributed by atoms with van der Waals surface area (Å²) >= 11 is 0. The number of unbranched alkanes of at least 4 members (excludes halogenated alkanes) is 13. The molecule has 0 aromatic rings. The molecule has 0 amide bonds. The van der Waals surface area contributed by atoms with Crippen LogP contribution >= 0.6 is 0 Å². The van der Waals surface area contributed by atoms with Crippen molar-refractivity contribution in [1.29, 1.82) is 0 Å². The van der Waals surface area contributed by atoms with Gasteiger partial charge in [-0.25, -0.2) is 8.42 Å². The van der Waals surface area contributed by atoms with Gasteiger partial charge >= 0.3 is 35.5 Å². The maximum absolute atomic E-state index is 12.3. The van der Waals surface area contributed by atoms with E-state index in [-0.39, 0.29) is 48.2 Å². The Kier molecular flexibility index (Phi) is 34.3. The van der Waals surface area contributed by atoms with Crippen LogP contribution in [0, 0.1) is 0 Å². The fraction of sp³-hybridized carbons (Fsp3) is 0.906. The van der Waals surface area contributed by atoms with Gasteiger partial charge in [-0.3, -0.25) is 4.79 Å². The molecule has 0 aliphatic carbocycles. The van der Waals surface area contributed by atoms with Crippen LogP contribution < -0.4 is 29.6 Å². The van der Waals surface area contributed by atoms with E-state index in [0.717, 1.165) is 57.8 Å². The number of ketones is 2. The molecule has 0 heterocycles. The van der Waals surface area contributed by atoms with Crippen LogP contribution in [0.4, 0.5) is 0 Å². The van der Waals surface area contributed by atoms with Crippen LogP contribution in [0.25, 0.3) is 0 Å².